The second-order valence-electron chi connectivity index (χ2n) is 18.6. The first-order valence-electron chi connectivity index (χ1n) is 23.7. The summed E-state index contributed by atoms with van der Waals surface area (Å²) in [5, 5.41) is 20.1. The molecule has 1 aromatic heterocycles. The fraction of sp³-hybridized carbons (Fsp3) is 0.583. The molecule has 0 radical (unpaired) electrons. The van der Waals surface area contributed by atoms with E-state index in [0.29, 0.717) is 43.5 Å². The molecule has 2 aliphatic rings. The Morgan fingerprint density at radius 2 is 1.76 bits per heavy atom. The maximum Gasteiger partial charge on any atom is 0.524 e. The first kappa shape index (κ1) is 57.1. The second kappa shape index (κ2) is 26.1. The number of anilines is 1. The first-order chi connectivity index (χ1) is 32.9. The normalized spacial score (nSPS) is 17.8. The molecule has 1 fully saturated rings. The number of carboxylic acids is 1. The van der Waals surface area contributed by atoms with Crippen LogP contribution in [0.15, 0.2) is 48.0 Å². The lowest BCUT2D eigenvalue weighted by Gasteiger charge is -2.38. The molecule has 1 aromatic carbocycles. The summed E-state index contributed by atoms with van der Waals surface area (Å²) in [7, 11) is -1.51. The maximum atomic E-state index is 14.3. The largest absolute Gasteiger partial charge is 0.524 e. The van der Waals surface area contributed by atoms with E-state index >= 15 is 0 Å². The molecule has 0 saturated carbocycles. The third-order valence-corrected chi connectivity index (χ3v) is 14.1. The highest BCUT2D eigenvalue weighted by Crippen LogP contribution is 2.41. The maximum absolute atomic E-state index is 14.3. The predicted octanol–water partition coefficient (Wildman–Crippen LogP) is 5.58. The lowest BCUT2D eigenvalue weighted by Crippen LogP contribution is -2.58. The van der Waals surface area contributed by atoms with E-state index in [1.54, 1.807) is 18.0 Å². The average Bonchev–Trinajstić information content (AvgIpc) is 3.91. The Labute approximate surface area is 413 Å². The number of hydrogen-bond donors (Lipinski definition) is 6. The third-order valence-electron chi connectivity index (χ3n) is 12.7. The molecule has 20 nitrogen and oxygen atoms in total. The number of aromatic nitrogens is 1. The Balaban J connectivity index is 1.52. The second-order valence-corrected chi connectivity index (χ2v) is 20.7. The summed E-state index contributed by atoms with van der Waals surface area (Å²) in [6, 6.07) is 1.64. The zero-order valence-electron chi connectivity index (χ0n) is 41.3. The van der Waals surface area contributed by atoms with Crippen molar-refractivity contribution < 1.29 is 62.3 Å². The van der Waals surface area contributed by atoms with Crippen molar-refractivity contribution in [3.05, 3.63) is 64.3 Å². The van der Waals surface area contributed by atoms with Gasteiger partial charge in [0.1, 0.15) is 16.7 Å². The number of rotatable bonds is 26. The van der Waals surface area contributed by atoms with Crippen molar-refractivity contribution in [3.8, 4) is 5.75 Å². The average molecular weight is 1020 g/mol. The SMILES string of the molecule is C=C1C=CC(=O)N1CCCCC(=O)Nc1cc(C[C@@H](CC(C)C(=O)O)NC(=O)c2csc([C@@H](C[C@H](C(C)C)N(C)C(=O)[C@@H](NC(=O)C3CCCCN3C)[C@@H](C)CC)OC(C)=O)n2)ccc1OP(=O)(O)O. The number of carbonyl (C=O) groups excluding carboxylic acids is 6. The molecule has 70 heavy (non-hydrogen) atoms. The number of benzene rings is 1. The lowest BCUT2D eigenvalue weighted by molar-refractivity contribution is -0.149. The van der Waals surface area contributed by atoms with Crippen LogP contribution in [0.5, 0.6) is 5.75 Å². The number of amides is 5. The Morgan fingerprint density at radius 1 is 1.04 bits per heavy atom. The van der Waals surface area contributed by atoms with E-state index < -0.39 is 61.7 Å². The van der Waals surface area contributed by atoms with Gasteiger partial charge < -0.3 is 40.1 Å². The number of unbranched alkanes of at least 4 members (excludes halogenated alkanes) is 1. The number of nitrogens with zero attached hydrogens (tertiary/aromatic N) is 4. The van der Waals surface area contributed by atoms with Crippen LogP contribution in [0, 0.1) is 17.8 Å². The van der Waals surface area contributed by atoms with Crippen molar-refractivity contribution in [1.82, 2.24) is 30.3 Å². The van der Waals surface area contributed by atoms with Gasteiger partial charge in [-0.15, -0.1) is 11.3 Å². The number of carbonyl (C=O) groups is 7. The summed E-state index contributed by atoms with van der Waals surface area (Å²) < 4.78 is 22.5. The van der Waals surface area contributed by atoms with Gasteiger partial charge in [0, 0.05) is 62.6 Å². The molecule has 4 rings (SSSR count). The fourth-order valence-corrected chi connectivity index (χ4v) is 9.80. The molecule has 5 amide bonds. The smallest absolute Gasteiger partial charge is 0.481 e. The zero-order valence-corrected chi connectivity index (χ0v) is 43.1. The van der Waals surface area contributed by atoms with Gasteiger partial charge >= 0.3 is 19.8 Å². The zero-order chi connectivity index (χ0) is 52.0. The number of allylic oxidation sites excluding steroid dienone is 1. The number of hydrogen-bond acceptors (Lipinski definition) is 13. The topological polar surface area (TPSA) is 274 Å². The van der Waals surface area contributed by atoms with Crippen LogP contribution in [0.4, 0.5) is 5.69 Å². The molecule has 2 aliphatic heterocycles. The summed E-state index contributed by atoms with van der Waals surface area (Å²) in [6.07, 6.45) is 6.19. The number of ether oxygens (including phenoxy) is 1. The van der Waals surface area contributed by atoms with Crippen molar-refractivity contribution in [1.29, 1.82) is 0 Å². The van der Waals surface area contributed by atoms with E-state index in [1.165, 1.54) is 48.4 Å². The Hall–Kier alpha value is -5.47. The van der Waals surface area contributed by atoms with Gasteiger partial charge in [-0.3, -0.25) is 48.2 Å². The van der Waals surface area contributed by atoms with E-state index in [-0.39, 0.29) is 83.4 Å². The van der Waals surface area contributed by atoms with Gasteiger partial charge in [0.05, 0.1) is 17.6 Å². The van der Waals surface area contributed by atoms with Crippen LogP contribution in [0.25, 0.3) is 0 Å². The summed E-state index contributed by atoms with van der Waals surface area (Å²) in [5.74, 6) is -5.17. The molecule has 7 atom stereocenters. The van der Waals surface area contributed by atoms with Crippen molar-refractivity contribution >= 4 is 66.3 Å². The van der Waals surface area contributed by atoms with Gasteiger partial charge in [-0.05, 0) is 87.7 Å². The van der Waals surface area contributed by atoms with Crippen molar-refractivity contribution in [2.45, 2.75) is 136 Å². The number of esters is 1. The van der Waals surface area contributed by atoms with Gasteiger partial charge in [0.2, 0.25) is 17.7 Å². The van der Waals surface area contributed by atoms with Crippen molar-refractivity contribution in [3.63, 3.8) is 0 Å². The summed E-state index contributed by atoms with van der Waals surface area (Å²) >= 11 is 1.07. The molecule has 386 valence electrons. The highest BCUT2D eigenvalue weighted by molar-refractivity contribution is 7.46. The molecule has 0 spiro atoms. The number of phosphoric ester groups is 1. The molecule has 1 saturated heterocycles. The summed E-state index contributed by atoms with van der Waals surface area (Å²) in [5.41, 5.74) is 0.869. The summed E-state index contributed by atoms with van der Waals surface area (Å²) in [4.78, 5) is 120. The molecule has 6 N–H and O–H groups in total. The molecule has 22 heteroatoms. The quantitative estimate of drug-likeness (QED) is 0.0381. The number of piperidine rings is 1. The lowest BCUT2D eigenvalue weighted by atomic mass is 9.92. The molecule has 0 aliphatic carbocycles. The van der Waals surface area contributed by atoms with Crippen LogP contribution >= 0.6 is 19.2 Å². The van der Waals surface area contributed by atoms with Gasteiger partial charge in [0.15, 0.2) is 11.9 Å². The third kappa shape index (κ3) is 16.9. The Bertz CT molecular complexity index is 2280. The van der Waals surface area contributed by atoms with Gasteiger partial charge in [0.25, 0.3) is 11.8 Å². The van der Waals surface area contributed by atoms with Crippen LogP contribution in [0.1, 0.15) is 126 Å². The van der Waals surface area contributed by atoms with E-state index in [1.807, 2.05) is 39.6 Å². The van der Waals surface area contributed by atoms with Crippen LogP contribution < -0.4 is 20.5 Å². The molecular weight excluding hydrogens is 946 g/mol. The monoisotopic (exact) mass is 1020 g/mol. The number of thiazole rings is 1. The first-order valence-corrected chi connectivity index (χ1v) is 26.1. The molecule has 2 unspecified atom stereocenters. The summed E-state index contributed by atoms with van der Waals surface area (Å²) in [6.45, 7) is 15.4. The van der Waals surface area contributed by atoms with E-state index in [9.17, 15) is 53.0 Å². The van der Waals surface area contributed by atoms with E-state index in [2.05, 4.69) is 27.5 Å². The van der Waals surface area contributed by atoms with Crippen LogP contribution in [0.3, 0.4) is 0 Å². The highest BCUT2D eigenvalue weighted by atomic mass is 32.1. The van der Waals surface area contributed by atoms with Crippen molar-refractivity contribution in [2.75, 3.05) is 32.5 Å². The van der Waals surface area contributed by atoms with Gasteiger partial charge in [-0.2, -0.15) is 0 Å². The number of aliphatic carboxylic acids is 1. The van der Waals surface area contributed by atoms with Crippen molar-refractivity contribution in [2.24, 2.45) is 17.8 Å². The molecule has 2 aromatic rings. The number of nitrogens with one attached hydrogen (secondary N) is 3. The molecule has 3 heterocycles. The van der Waals surface area contributed by atoms with Gasteiger partial charge in [-0.1, -0.05) is 60.1 Å². The molecular formula is C48H70N7O13PS. The number of phosphoric acid groups is 1. The van der Waals surface area contributed by atoms with Crippen LogP contribution in [0.2, 0.25) is 0 Å². The minimum atomic E-state index is -5.08. The Morgan fingerprint density at radius 3 is 2.36 bits per heavy atom. The highest BCUT2D eigenvalue weighted by Gasteiger charge is 2.38. The van der Waals surface area contributed by atoms with E-state index in [4.69, 9.17) is 9.26 Å². The van der Waals surface area contributed by atoms with Crippen LogP contribution in [-0.4, -0.2) is 127 Å². The number of likely N-dealkylation sites (N-methyl/N-ethyl adjacent to an activating group) is 2. The fourth-order valence-electron chi connectivity index (χ4n) is 8.54. The van der Waals surface area contributed by atoms with Gasteiger partial charge in [-0.25, -0.2) is 9.55 Å². The van der Waals surface area contributed by atoms with Crippen LogP contribution in [-0.2, 0) is 44.5 Å². The predicted molar refractivity (Wildman–Crippen MR) is 262 cm³/mol. The minimum Gasteiger partial charge on any atom is -0.481 e. The number of likely N-dealkylation sites (tertiary alicyclic amines) is 1. The minimum absolute atomic E-state index is 0.00313. The Kier molecular flexibility index (Phi) is 21.3. The molecule has 0 bridgehead atoms. The standard InChI is InChI=1S/C48H70N7O13PS/c1-10-29(4)43(52-45(60)37-15-11-13-21-53(37)8)47(61)54(9)38(28(2)3)26-40(67-32(7)56)46-51-36(27-70-46)44(59)49-34(23-30(5)48(62)63)24-33-18-19-39(68-69(64,65)66)35(25-33)50-41(57)16-12-14-22-55-31(6)17-20-42(55)58/h17-20,25,27-30,34,37-38,40,43H,6,10-16,21-24,26H2,1-5,7-9H3,(H,49,59)(H,50,57)(H,52,60)(H,62,63)(H2,64,65,66)/t29-,30?,34+,37?,38+,40+,43-/m0/s1. The van der Waals surface area contributed by atoms with E-state index in [0.717, 1.165) is 30.7 Å². The number of carboxylic acid groups (broad SMARTS) is 1.